The summed E-state index contributed by atoms with van der Waals surface area (Å²) in [6, 6.07) is 0. The molecule has 0 saturated carbocycles. The lowest BCUT2D eigenvalue weighted by Gasteiger charge is -2.01. The highest BCUT2D eigenvalue weighted by Crippen LogP contribution is 2.20. The molecule has 5 heteroatoms. The summed E-state index contributed by atoms with van der Waals surface area (Å²) in [5, 5.41) is 16.2. The van der Waals surface area contributed by atoms with Gasteiger partial charge in [-0.15, -0.1) is 10.2 Å². The molecule has 0 aromatic carbocycles. The lowest BCUT2D eigenvalue weighted by atomic mass is 10.1. The second-order valence-electron chi connectivity index (χ2n) is 3.63. The highest BCUT2D eigenvalue weighted by molar-refractivity contribution is 5.67. The quantitative estimate of drug-likeness (QED) is 0.797. The number of hydrogen-bond acceptors (Lipinski definition) is 4. The summed E-state index contributed by atoms with van der Waals surface area (Å²) in [7, 11) is 0. The van der Waals surface area contributed by atoms with Crippen LogP contribution in [0.2, 0.25) is 0 Å². The van der Waals surface area contributed by atoms with Crippen LogP contribution in [0, 0.1) is 0 Å². The van der Waals surface area contributed by atoms with E-state index >= 15 is 0 Å². The van der Waals surface area contributed by atoms with Gasteiger partial charge in [0.1, 0.15) is 0 Å². The fourth-order valence-corrected chi connectivity index (χ4v) is 1.03. The van der Waals surface area contributed by atoms with E-state index in [0.29, 0.717) is 11.8 Å². The van der Waals surface area contributed by atoms with Crippen molar-refractivity contribution in [2.75, 3.05) is 0 Å². The number of rotatable bonds is 4. The molecule has 5 nitrogen and oxygen atoms in total. The fourth-order valence-electron chi connectivity index (χ4n) is 1.03. The maximum atomic E-state index is 10.4. The first-order chi connectivity index (χ1) is 6.50. The second kappa shape index (κ2) is 4.21. The summed E-state index contributed by atoms with van der Waals surface area (Å²) in [6.45, 7) is 5.64. The molecule has 0 aliphatic rings. The Morgan fingerprint density at radius 1 is 1.36 bits per heavy atom. The summed E-state index contributed by atoms with van der Waals surface area (Å²) < 4.78 is 5.32. The predicted molar refractivity (Wildman–Crippen MR) is 49.1 cm³/mol. The molecular formula is C9H14N2O3. The number of aliphatic carboxylic acids is 1. The zero-order valence-electron chi connectivity index (χ0n) is 8.52. The largest absolute Gasteiger partial charge is 0.481 e. The normalized spacial score (nSPS) is 13.1. The summed E-state index contributed by atoms with van der Waals surface area (Å²) in [5.41, 5.74) is 0. The molecule has 1 atom stereocenters. The van der Waals surface area contributed by atoms with E-state index in [4.69, 9.17) is 9.52 Å². The molecule has 0 amide bonds. The minimum Gasteiger partial charge on any atom is -0.481 e. The lowest BCUT2D eigenvalue weighted by Crippen LogP contribution is -2.02. The monoisotopic (exact) mass is 198 g/mol. The number of hydrogen-bond donors (Lipinski definition) is 1. The molecule has 78 valence electrons. The summed E-state index contributed by atoms with van der Waals surface area (Å²) in [4.78, 5) is 10.4. The van der Waals surface area contributed by atoms with Gasteiger partial charge in [0.25, 0.3) is 0 Å². The molecule has 0 aliphatic heterocycles. The summed E-state index contributed by atoms with van der Waals surface area (Å²) in [5.74, 6) is 0.0379. The fraction of sp³-hybridized carbons (Fsp3) is 0.667. The molecule has 1 aromatic heterocycles. The predicted octanol–water partition coefficient (Wildman–Crippen LogP) is 1.77. The molecule has 0 fully saturated rings. The number of nitrogens with zero attached hydrogens (tertiary/aromatic N) is 2. The molecule has 0 saturated heterocycles. The van der Waals surface area contributed by atoms with Gasteiger partial charge < -0.3 is 9.52 Å². The van der Waals surface area contributed by atoms with Gasteiger partial charge in [0.15, 0.2) is 0 Å². The third-order valence-electron chi connectivity index (χ3n) is 1.85. The molecule has 0 aliphatic carbocycles. The van der Waals surface area contributed by atoms with Gasteiger partial charge >= 0.3 is 5.97 Å². The van der Waals surface area contributed by atoms with Crippen molar-refractivity contribution in [3.8, 4) is 0 Å². The molecule has 1 heterocycles. The van der Waals surface area contributed by atoms with Crippen molar-refractivity contribution in [3.05, 3.63) is 11.8 Å². The highest BCUT2D eigenvalue weighted by Gasteiger charge is 2.17. The van der Waals surface area contributed by atoms with Gasteiger partial charge in [-0.3, -0.25) is 4.79 Å². The van der Waals surface area contributed by atoms with Crippen molar-refractivity contribution < 1.29 is 14.3 Å². The van der Waals surface area contributed by atoms with Crippen molar-refractivity contribution in [1.82, 2.24) is 10.2 Å². The average Bonchev–Trinajstić information content (AvgIpc) is 2.50. The summed E-state index contributed by atoms with van der Waals surface area (Å²) in [6.07, 6.45) is 0.0136. The van der Waals surface area contributed by atoms with Crippen LogP contribution in [0.15, 0.2) is 4.42 Å². The first kappa shape index (κ1) is 10.7. The van der Waals surface area contributed by atoms with Crippen molar-refractivity contribution >= 4 is 5.97 Å². The van der Waals surface area contributed by atoms with Crippen LogP contribution in [0.25, 0.3) is 0 Å². The van der Waals surface area contributed by atoms with Gasteiger partial charge in [-0.1, -0.05) is 20.8 Å². The molecule has 14 heavy (non-hydrogen) atoms. The Morgan fingerprint density at radius 2 is 1.93 bits per heavy atom. The third-order valence-corrected chi connectivity index (χ3v) is 1.85. The molecule has 1 aromatic rings. The van der Waals surface area contributed by atoms with E-state index < -0.39 is 5.97 Å². The lowest BCUT2D eigenvalue weighted by molar-refractivity contribution is -0.137. The molecule has 0 bridgehead atoms. The number of carbonyl (C=O) groups is 1. The van der Waals surface area contributed by atoms with E-state index in [1.54, 1.807) is 6.92 Å². The first-order valence-electron chi connectivity index (χ1n) is 4.55. The van der Waals surface area contributed by atoms with E-state index in [2.05, 4.69) is 10.2 Å². The van der Waals surface area contributed by atoms with Gasteiger partial charge in [-0.05, 0) is 0 Å². The molecular weight excluding hydrogens is 184 g/mol. The van der Waals surface area contributed by atoms with E-state index in [0.717, 1.165) is 0 Å². The minimum absolute atomic E-state index is 0.0136. The van der Waals surface area contributed by atoms with Crippen LogP contribution in [0.1, 0.15) is 50.8 Å². The van der Waals surface area contributed by atoms with Crippen LogP contribution in [0.3, 0.4) is 0 Å². The molecule has 0 spiro atoms. The van der Waals surface area contributed by atoms with E-state index in [1.807, 2.05) is 13.8 Å². The maximum Gasteiger partial charge on any atom is 0.304 e. The van der Waals surface area contributed by atoms with Gasteiger partial charge in [-0.25, -0.2) is 0 Å². The van der Waals surface area contributed by atoms with Gasteiger partial charge in [0.05, 0.1) is 6.42 Å². The number of carboxylic acid groups (broad SMARTS) is 1. The molecule has 1 N–H and O–H groups in total. The van der Waals surface area contributed by atoms with Crippen LogP contribution in [-0.2, 0) is 4.79 Å². The van der Waals surface area contributed by atoms with E-state index in [9.17, 15) is 4.79 Å². The van der Waals surface area contributed by atoms with Gasteiger partial charge in [0, 0.05) is 11.8 Å². The number of carboxylic acids is 1. The molecule has 1 unspecified atom stereocenters. The third kappa shape index (κ3) is 2.55. The highest BCUT2D eigenvalue weighted by atomic mass is 16.4. The topological polar surface area (TPSA) is 76.2 Å². The smallest absolute Gasteiger partial charge is 0.304 e. The summed E-state index contributed by atoms with van der Waals surface area (Å²) >= 11 is 0. The van der Waals surface area contributed by atoms with Crippen molar-refractivity contribution in [3.63, 3.8) is 0 Å². The zero-order chi connectivity index (χ0) is 10.7. The molecule has 0 radical (unpaired) electrons. The van der Waals surface area contributed by atoms with Crippen LogP contribution in [-0.4, -0.2) is 21.3 Å². The average molecular weight is 198 g/mol. The minimum atomic E-state index is -0.859. The van der Waals surface area contributed by atoms with Crippen molar-refractivity contribution in [2.24, 2.45) is 0 Å². The van der Waals surface area contributed by atoms with E-state index in [1.165, 1.54) is 0 Å². The van der Waals surface area contributed by atoms with Crippen LogP contribution in [0.5, 0.6) is 0 Å². The zero-order valence-corrected chi connectivity index (χ0v) is 8.52. The van der Waals surface area contributed by atoms with Gasteiger partial charge in [0.2, 0.25) is 11.8 Å². The van der Waals surface area contributed by atoms with Crippen LogP contribution in [0.4, 0.5) is 0 Å². The Bertz CT molecular complexity index is 320. The first-order valence-corrected chi connectivity index (χ1v) is 4.55. The SMILES string of the molecule is CC(C)c1nnc(C(C)CC(=O)O)o1. The Kier molecular flexibility index (Phi) is 3.22. The molecule has 1 rings (SSSR count). The van der Waals surface area contributed by atoms with Crippen LogP contribution >= 0.6 is 0 Å². The van der Waals surface area contributed by atoms with Crippen molar-refractivity contribution in [2.45, 2.75) is 39.0 Å². The Morgan fingerprint density at radius 3 is 2.36 bits per heavy atom. The Hall–Kier alpha value is -1.39. The van der Waals surface area contributed by atoms with Gasteiger partial charge in [-0.2, -0.15) is 0 Å². The maximum absolute atomic E-state index is 10.4. The van der Waals surface area contributed by atoms with E-state index in [-0.39, 0.29) is 18.3 Å². The second-order valence-corrected chi connectivity index (χ2v) is 3.63. The Balaban J connectivity index is 2.71. The van der Waals surface area contributed by atoms with Crippen LogP contribution < -0.4 is 0 Å². The Labute approximate surface area is 82.1 Å². The standard InChI is InChI=1S/C9H14N2O3/c1-5(2)8-10-11-9(14-8)6(3)4-7(12)13/h5-6H,4H2,1-3H3,(H,12,13). The number of aromatic nitrogens is 2. The van der Waals surface area contributed by atoms with Crippen molar-refractivity contribution in [1.29, 1.82) is 0 Å².